The molecule has 1 N–H and O–H groups in total. The molecule has 0 radical (unpaired) electrons. The average Bonchev–Trinajstić information content (AvgIpc) is 2.99. The number of carbonyl (C=O) groups excluding carboxylic acids is 1. The van der Waals surface area contributed by atoms with E-state index in [0.29, 0.717) is 6.42 Å². The predicted molar refractivity (Wildman–Crippen MR) is 97.6 cm³/mol. The van der Waals surface area contributed by atoms with Crippen LogP contribution in [0.3, 0.4) is 0 Å². The van der Waals surface area contributed by atoms with Crippen molar-refractivity contribution in [1.29, 1.82) is 0 Å². The highest BCUT2D eigenvalue weighted by molar-refractivity contribution is 5.95. The van der Waals surface area contributed by atoms with Crippen molar-refractivity contribution in [3.05, 3.63) is 59.9 Å². The van der Waals surface area contributed by atoms with Crippen LogP contribution in [-0.2, 0) is 24.2 Å². The predicted octanol–water partition coefficient (Wildman–Crippen LogP) is 2.55. The molecule has 0 bridgehead atoms. The Kier molecular flexibility index (Phi) is 4.24. The minimum absolute atomic E-state index is 0.0179. The Bertz CT molecular complexity index is 916. The van der Waals surface area contributed by atoms with E-state index in [4.69, 9.17) is 0 Å². The summed E-state index contributed by atoms with van der Waals surface area (Å²) in [6, 6.07) is 15.9. The largest absolute Gasteiger partial charge is 0.396 e. The maximum atomic E-state index is 13.0. The van der Waals surface area contributed by atoms with Gasteiger partial charge < -0.3 is 14.6 Å². The van der Waals surface area contributed by atoms with E-state index in [1.807, 2.05) is 51.9 Å². The fraction of sp³-hybridized carbons (Fsp3) is 0.300. The number of amides is 1. The van der Waals surface area contributed by atoms with Crippen molar-refractivity contribution in [1.82, 2.24) is 9.55 Å². The van der Waals surface area contributed by atoms with Gasteiger partial charge in [0.1, 0.15) is 12.4 Å². The normalized spacial score (nSPS) is 13.9. The summed E-state index contributed by atoms with van der Waals surface area (Å²) in [6.45, 7) is 1.01. The van der Waals surface area contributed by atoms with E-state index < -0.39 is 0 Å². The van der Waals surface area contributed by atoms with Crippen LogP contribution in [0.1, 0.15) is 17.8 Å². The summed E-state index contributed by atoms with van der Waals surface area (Å²) in [5, 5.41) is 9.33. The maximum absolute atomic E-state index is 13.0. The summed E-state index contributed by atoms with van der Waals surface area (Å²) in [4.78, 5) is 19.5. The SMILES string of the molecule is O=C(Cn1c(CCO)nc2ccccc21)N1CCCc2ccccc21. The smallest absolute Gasteiger partial charge is 0.246 e. The molecular formula is C20H21N3O2. The molecule has 0 fully saturated rings. The van der Waals surface area contributed by atoms with Crippen LogP contribution in [0, 0.1) is 0 Å². The topological polar surface area (TPSA) is 58.4 Å². The van der Waals surface area contributed by atoms with Gasteiger partial charge in [0.15, 0.2) is 0 Å². The first-order valence-corrected chi connectivity index (χ1v) is 8.71. The quantitative estimate of drug-likeness (QED) is 0.797. The highest BCUT2D eigenvalue weighted by Crippen LogP contribution is 2.27. The van der Waals surface area contributed by atoms with E-state index >= 15 is 0 Å². The van der Waals surface area contributed by atoms with Crippen molar-refractivity contribution >= 4 is 22.6 Å². The summed E-state index contributed by atoms with van der Waals surface area (Å²) in [6.07, 6.45) is 2.44. The fourth-order valence-corrected chi connectivity index (χ4v) is 3.61. The van der Waals surface area contributed by atoms with Gasteiger partial charge in [0.2, 0.25) is 5.91 Å². The number of aryl methyl sites for hydroxylation is 1. The number of anilines is 1. The lowest BCUT2D eigenvalue weighted by Gasteiger charge is -2.29. The van der Waals surface area contributed by atoms with E-state index in [2.05, 4.69) is 11.1 Å². The zero-order valence-corrected chi connectivity index (χ0v) is 14.1. The second kappa shape index (κ2) is 6.69. The number of aliphatic hydroxyl groups excluding tert-OH is 1. The van der Waals surface area contributed by atoms with Gasteiger partial charge in [-0.25, -0.2) is 4.98 Å². The molecule has 1 aliphatic rings. The molecular weight excluding hydrogens is 314 g/mol. The van der Waals surface area contributed by atoms with Crippen LogP contribution in [0.15, 0.2) is 48.5 Å². The summed E-state index contributed by atoms with van der Waals surface area (Å²) < 4.78 is 1.94. The van der Waals surface area contributed by atoms with E-state index in [9.17, 15) is 9.90 Å². The highest BCUT2D eigenvalue weighted by atomic mass is 16.3. The number of imidazole rings is 1. The number of aromatic nitrogens is 2. The Balaban J connectivity index is 1.68. The van der Waals surface area contributed by atoms with Crippen LogP contribution < -0.4 is 4.90 Å². The summed E-state index contributed by atoms with van der Waals surface area (Å²) in [5.74, 6) is 0.817. The van der Waals surface area contributed by atoms with Gasteiger partial charge in [-0.2, -0.15) is 0 Å². The Hall–Kier alpha value is -2.66. The molecule has 0 atom stereocenters. The standard InChI is InChI=1S/C20H21N3O2/c24-13-11-19-21-16-8-2-4-10-18(16)23(19)14-20(25)22-12-5-7-15-6-1-3-9-17(15)22/h1-4,6,8-10,24H,5,7,11-14H2. The summed E-state index contributed by atoms with van der Waals surface area (Å²) in [5.41, 5.74) is 4.04. The van der Waals surface area contributed by atoms with Gasteiger partial charge in [-0.05, 0) is 36.6 Å². The molecule has 25 heavy (non-hydrogen) atoms. The average molecular weight is 335 g/mol. The highest BCUT2D eigenvalue weighted by Gasteiger charge is 2.23. The third-order valence-electron chi connectivity index (χ3n) is 4.77. The minimum Gasteiger partial charge on any atom is -0.396 e. The van der Waals surface area contributed by atoms with Gasteiger partial charge in [0.05, 0.1) is 17.6 Å². The van der Waals surface area contributed by atoms with Gasteiger partial charge >= 0.3 is 0 Å². The number of hydrogen-bond donors (Lipinski definition) is 1. The van der Waals surface area contributed by atoms with Crippen molar-refractivity contribution in [3.63, 3.8) is 0 Å². The number of fused-ring (bicyclic) bond motifs is 2. The fourth-order valence-electron chi connectivity index (χ4n) is 3.61. The zero-order valence-electron chi connectivity index (χ0n) is 14.1. The second-order valence-electron chi connectivity index (χ2n) is 6.35. The lowest BCUT2D eigenvalue weighted by atomic mass is 10.0. The first-order chi connectivity index (χ1) is 12.3. The lowest BCUT2D eigenvalue weighted by Crippen LogP contribution is -2.38. The third kappa shape index (κ3) is 2.91. The second-order valence-corrected chi connectivity index (χ2v) is 6.35. The molecule has 2 aromatic carbocycles. The van der Waals surface area contributed by atoms with Gasteiger partial charge in [0, 0.05) is 18.7 Å². The first-order valence-electron chi connectivity index (χ1n) is 8.71. The monoisotopic (exact) mass is 335 g/mol. The third-order valence-corrected chi connectivity index (χ3v) is 4.77. The van der Waals surface area contributed by atoms with Crippen LogP contribution in [0.2, 0.25) is 0 Å². The maximum Gasteiger partial charge on any atom is 0.246 e. The van der Waals surface area contributed by atoms with E-state index in [-0.39, 0.29) is 19.1 Å². The summed E-state index contributed by atoms with van der Waals surface area (Å²) >= 11 is 0. The number of hydrogen-bond acceptors (Lipinski definition) is 3. The van der Waals surface area contributed by atoms with Crippen molar-refractivity contribution in [2.45, 2.75) is 25.8 Å². The van der Waals surface area contributed by atoms with Crippen molar-refractivity contribution < 1.29 is 9.90 Å². The van der Waals surface area contributed by atoms with Gasteiger partial charge in [-0.1, -0.05) is 30.3 Å². The van der Waals surface area contributed by atoms with Gasteiger partial charge in [-0.3, -0.25) is 4.79 Å². The van der Waals surface area contributed by atoms with Crippen LogP contribution >= 0.6 is 0 Å². The number of nitrogens with zero attached hydrogens (tertiary/aromatic N) is 3. The number of carbonyl (C=O) groups is 1. The van der Waals surface area contributed by atoms with Crippen molar-refractivity contribution in [2.24, 2.45) is 0 Å². The number of rotatable bonds is 4. The Morgan fingerprint density at radius 2 is 1.92 bits per heavy atom. The molecule has 0 saturated carbocycles. The molecule has 5 nitrogen and oxygen atoms in total. The van der Waals surface area contributed by atoms with Crippen molar-refractivity contribution in [3.8, 4) is 0 Å². The Labute approximate surface area is 146 Å². The Morgan fingerprint density at radius 1 is 1.12 bits per heavy atom. The van der Waals surface area contributed by atoms with Crippen LogP contribution in [0.25, 0.3) is 11.0 Å². The lowest BCUT2D eigenvalue weighted by molar-refractivity contribution is -0.119. The molecule has 0 aliphatic carbocycles. The molecule has 0 spiro atoms. The van der Waals surface area contributed by atoms with Crippen LogP contribution in [0.5, 0.6) is 0 Å². The molecule has 0 unspecified atom stereocenters. The first kappa shape index (κ1) is 15.8. The molecule has 2 heterocycles. The molecule has 0 saturated heterocycles. The number of aliphatic hydroxyl groups is 1. The Morgan fingerprint density at radius 3 is 2.80 bits per heavy atom. The van der Waals surface area contributed by atoms with E-state index in [0.717, 1.165) is 41.9 Å². The van der Waals surface area contributed by atoms with Gasteiger partial charge in [0.25, 0.3) is 0 Å². The molecule has 1 aliphatic heterocycles. The van der Waals surface area contributed by atoms with Crippen LogP contribution in [-0.4, -0.2) is 33.7 Å². The van der Waals surface area contributed by atoms with Gasteiger partial charge in [-0.15, -0.1) is 0 Å². The van der Waals surface area contributed by atoms with Crippen molar-refractivity contribution in [2.75, 3.05) is 18.1 Å². The molecule has 1 amide bonds. The van der Waals surface area contributed by atoms with Crippen LogP contribution in [0.4, 0.5) is 5.69 Å². The minimum atomic E-state index is 0.0179. The zero-order chi connectivity index (χ0) is 17.2. The summed E-state index contributed by atoms with van der Waals surface area (Å²) in [7, 11) is 0. The van der Waals surface area contributed by atoms with E-state index in [1.165, 1.54) is 5.56 Å². The molecule has 128 valence electrons. The molecule has 5 heteroatoms. The molecule has 1 aromatic heterocycles. The number of para-hydroxylation sites is 3. The molecule has 3 aromatic rings. The van der Waals surface area contributed by atoms with E-state index in [1.54, 1.807) is 0 Å². The molecule has 4 rings (SSSR count). The number of benzene rings is 2.